The number of hydrazone groups is 1. The molecule has 30 heavy (non-hydrogen) atoms. The quantitative estimate of drug-likeness (QED) is 0.268. The first-order valence-corrected chi connectivity index (χ1v) is 9.80. The van der Waals surface area contributed by atoms with Gasteiger partial charge in [-0.05, 0) is 24.6 Å². The standard InChI is InChI=1S/C20H18Cl2N8/c1-13-25-27-20(30(13)23)26-24-10-16-12-29(11-15-7-8-17(21)9-18(15)22)28-19(16)14-5-3-2-4-6-14/h2-10,12H,11,23H2,1H3,(H,26,27)/b24-10+. The van der Waals surface area contributed by atoms with E-state index < -0.39 is 0 Å². The molecular formula is C20H18Cl2N8. The molecule has 10 heteroatoms. The summed E-state index contributed by atoms with van der Waals surface area (Å²) in [6.45, 7) is 2.24. The zero-order chi connectivity index (χ0) is 21.1. The van der Waals surface area contributed by atoms with Crippen molar-refractivity contribution in [1.29, 1.82) is 0 Å². The highest BCUT2D eigenvalue weighted by Crippen LogP contribution is 2.24. The smallest absolute Gasteiger partial charge is 0.263 e. The highest BCUT2D eigenvalue weighted by atomic mass is 35.5. The monoisotopic (exact) mass is 440 g/mol. The maximum absolute atomic E-state index is 6.32. The predicted molar refractivity (Wildman–Crippen MR) is 119 cm³/mol. The van der Waals surface area contributed by atoms with E-state index in [9.17, 15) is 0 Å². The molecule has 0 bridgehead atoms. The van der Waals surface area contributed by atoms with E-state index in [2.05, 4.69) is 20.7 Å². The van der Waals surface area contributed by atoms with Crippen molar-refractivity contribution in [1.82, 2.24) is 24.7 Å². The molecule has 2 aromatic heterocycles. The normalized spacial score (nSPS) is 11.3. The van der Waals surface area contributed by atoms with Crippen LogP contribution in [0.25, 0.3) is 11.3 Å². The molecule has 2 aromatic carbocycles. The van der Waals surface area contributed by atoms with E-state index in [0.717, 1.165) is 22.4 Å². The molecule has 0 aliphatic heterocycles. The van der Waals surface area contributed by atoms with Gasteiger partial charge in [-0.2, -0.15) is 10.2 Å². The average molecular weight is 441 g/mol. The van der Waals surface area contributed by atoms with Crippen LogP contribution in [-0.2, 0) is 6.54 Å². The lowest BCUT2D eigenvalue weighted by Gasteiger charge is -2.05. The van der Waals surface area contributed by atoms with Crippen molar-refractivity contribution in [2.24, 2.45) is 5.10 Å². The molecule has 4 rings (SSSR count). The number of anilines is 1. The number of hydrogen-bond donors (Lipinski definition) is 2. The third-order valence-electron chi connectivity index (χ3n) is 4.42. The van der Waals surface area contributed by atoms with Crippen LogP contribution in [0.4, 0.5) is 5.95 Å². The molecule has 0 aliphatic rings. The minimum Gasteiger partial charge on any atom is -0.335 e. The Kier molecular flexibility index (Phi) is 5.69. The second kappa shape index (κ2) is 8.56. The summed E-state index contributed by atoms with van der Waals surface area (Å²) in [6.07, 6.45) is 3.57. The van der Waals surface area contributed by atoms with Crippen molar-refractivity contribution in [2.45, 2.75) is 13.5 Å². The highest BCUT2D eigenvalue weighted by molar-refractivity contribution is 6.35. The van der Waals surface area contributed by atoms with Crippen LogP contribution in [0.1, 0.15) is 17.0 Å². The number of aromatic nitrogens is 5. The number of nitrogens with zero attached hydrogens (tertiary/aromatic N) is 6. The second-order valence-corrected chi connectivity index (χ2v) is 7.39. The van der Waals surface area contributed by atoms with Gasteiger partial charge in [0.1, 0.15) is 5.69 Å². The van der Waals surface area contributed by atoms with Gasteiger partial charge in [0.15, 0.2) is 5.82 Å². The lowest BCUT2D eigenvalue weighted by Crippen LogP contribution is -2.13. The van der Waals surface area contributed by atoms with Gasteiger partial charge in [0.25, 0.3) is 5.95 Å². The van der Waals surface area contributed by atoms with Gasteiger partial charge in [0, 0.05) is 27.4 Å². The van der Waals surface area contributed by atoms with E-state index in [1.54, 1.807) is 19.2 Å². The van der Waals surface area contributed by atoms with E-state index in [4.69, 9.17) is 34.1 Å². The largest absolute Gasteiger partial charge is 0.335 e. The van der Waals surface area contributed by atoms with E-state index in [1.807, 2.05) is 53.3 Å². The van der Waals surface area contributed by atoms with Crippen molar-refractivity contribution in [3.05, 3.63) is 81.7 Å². The van der Waals surface area contributed by atoms with Crippen LogP contribution in [-0.4, -0.2) is 30.9 Å². The Balaban J connectivity index is 1.64. The maximum atomic E-state index is 6.32. The lowest BCUT2D eigenvalue weighted by molar-refractivity contribution is 0.689. The molecule has 8 nitrogen and oxygen atoms in total. The van der Waals surface area contributed by atoms with E-state index in [-0.39, 0.29) is 0 Å². The Morgan fingerprint density at radius 1 is 1.13 bits per heavy atom. The number of aryl methyl sites for hydroxylation is 1. The third-order valence-corrected chi connectivity index (χ3v) is 5.01. The fourth-order valence-electron chi connectivity index (χ4n) is 2.86. The second-order valence-electron chi connectivity index (χ2n) is 6.54. The summed E-state index contributed by atoms with van der Waals surface area (Å²) >= 11 is 12.3. The topological polar surface area (TPSA) is 98.9 Å². The SMILES string of the molecule is Cc1nnc(N/N=C/c2cn(Cc3ccc(Cl)cc3Cl)nc2-c2ccccc2)n1N. The molecule has 0 spiro atoms. The van der Waals surface area contributed by atoms with Gasteiger partial charge < -0.3 is 5.84 Å². The number of rotatable bonds is 6. The third kappa shape index (κ3) is 4.29. The molecule has 2 heterocycles. The van der Waals surface area contributed by atoms with Crippen molar-refractivity contribution in [3.63, 3.8) is 0 Å². The van der Waals surface area contributed by atoms with E-state index in [0.29, 0.717) is 28.4 Å². The Morgan fingerprint density at radius 2 is 1.93 bits per heavy atom. The summed E-state index contributed by atoms with van der Waals surface area (Å²) in [5, 5.41) is 18.0. The first-order chi connectivity index (χ1) is 14.5. The van der Waals surface area contributed by atoms with Crippen LogP contribution >= 0.6 is 23.2 Å². The van der Waals surface area contributed by atoms with E-state index in [1.165, 1.54) is 4.68 Å². The Hall–Kier alpha value is -3.36. The maximum Gasteiger partial charge on any atom is 0.263 e. The number of hydrogen-bond acceptors (Lipinski definition) is 6. The first kappa shape index (κ1) is 19.9. The van der Waals surface area contributed by atoms with Crippen LogP contribution in [0.2, 0.25) is 10.0 Å². The van der Waals surface area contributed by atoms with Gasteiger partial charge in [-0.15, -0.1) is 10.2 Å². The van der Waals surface area contributed by atoms with E-state index >= 15 is 0 Å². The van der Waals surface area contributed by atoms with Crippen molar-refractivity contribution < 1.29 is 0 Å². The van der Waals surface area contributed by atoms with Crippen LogP contribution in [0.3, 0.4) is 0 Å². The number of benzene rings is 2. The molecule has 0 atom stereocenters. The van der Waals surface area contributed by atoms with Crippen LogP contribution in [0.5, 0.6) is 0 Å². The van der Waals surface area contributed by atoms with Gasteiger partial charge >= 0.3 is 0 Å². The molecule has 0 amide bonds. The lowest BCUT2D eigenvalue weighted by atomic mass is 10.1. The van der Waals surface area contributed by atoms with Gasteiger partial charge in [-0.1, -0.05) is 59.6 Å². The number of nitrogens with one attached hydrogen (secondary N) is 1. The van der Waals surface area contributed by atoms with Gasteiger partial charge in [0.2, 0.25) is 0 Å². The number of nitrogens with two attached hydrogens (primary N) is 1. The van der Waals surface area contributed by atoms with Crippen LogP contribution < -0.4 is 11.3 Å². The Morgan fingerprint density at radius 3 is 2.63 bits per heavy atom. The van der Waals surface area contributed by atoms with Gasteiger partial charge in [-0.25, -0.2) is 10.1 Å². The zero-order valence-electron chi connectivity index (χ0n) is 16.0. The Bertz CT molecular complexity index is 1200. The van der Waals surface area contributed by atoms with Crippen molar-refractivity contribution >= 4 is 35.4 Å². The summed E-state index contributed by atoms with van der Waals surface area (Å²) in [4.78, 5) is 0. The summed E-state index contributed by atoms with van der Waals surface area (Å²) in [5.74, 6) is 6.75. The average Bonchev–Trinajstić information content (AvgIpc) is 3.29. The molecule has 0 saturated heterocycles. The molecule has 4 aromatic rings. The molecule has 3 N–H and O–H groups in total. The molecule has 0 unspecified atom stereocenters. The first-order valence-electron chi connectivity index (χ1n) is 9.04. The molecule has 0 aliphatic carbocycles. The zero-order valence-corrected chi connectivity index (χ0v) is 17.5. The minimum absolute atomic E-state index is 0.338. The van der Waals surface area contributed by atoms with Gasteiger partial charge in [0.05, 0.1) is 12.8 Å². The fourth-order valence-corrected chi connectivity index (χ4v) is 3.33. The summed E-state index contributed by atoms with van der Waals surface area (Å²) < 4.78 is 3.13. The predicted octanol–water partition coefficient (Wildman–Crippen LogP) is 3.96. The Labute approximate surface area is 182 Å². The summed E-state index contributed by atoms with van der Waals surface area (Å²) in [6, 6.07) is 15.3. The minimum atomic E-state index is 0.338. The summed E-state index contributed by atoms with van der Waals surface area (Å²) in [5.41, 5.74) is 6.29. The van der Waals surface area contributed by atoms with Crippen molar-refractivity contribution in [2.75, 3.05) is 11.3 Å². The molecule has 0 fully saturated rings. The van der Waals surface area contributed by atoms with Gasteiger partial charge in [-0.3, -0.25) is 4.68 Å². The molecule has 152 valence electrons. The molecule has 0 radical (unpaired) electrons. The van der Waals surface area contributed by atoms with Crippen LogP contribution in [0.15, 0.2) is 59.8 Å². The number of halogens is 2. The molecule has 0 saturated carbocycles. The van der Waals surface area contributed by atoms with Crippen molar-refractivity contribution in [3.8, 4) is 11.3 Å². The number of nitrogen functional groups attached to an aromatic ring is 1. The molecular weight excluding hydrogens is 423 g/mol. The highest BCUT2D eigenvalue weighted by Gasteiger charge is 2.12. The van der Waals surface area contributed by atoms with Crippen LogP contribution in [0, 0.1) is 6.92 Å². The summed E-state index contributed by atoms with van der Waals surface area (Å²) in [7, 11) is 0. The fraction of sp³-hybridized carbons (Fsp3) is 0.100.